The minimum Gasteiger partial charge on any atom is -0.260 e. The summed E-state index contributed by atoms with van der Waals surface area (Å²) in [4.78, 5) is 4.01. The molecule has 0 fully saturated rings. The van der Waals surface area contributed by atoms with Crippen LogP contribution in [0.25, 0.3) is 0 Å². The lowest BCUT2D eigenvalue weighted by Gasteiger charge is -1.95. The molecule has 0 N–H and O–H groups in total. The van der Waals surface area contributed by atoms with E-state index in [9.17, 15) is 0 Å². The highest BCUT2D eigenvalue weighted by Crippen LogP contribution is 2.22. The monoisotopic (exact) mass is 205 g/mol. The molecule has 9 heavy (non-hydrogen) atoms. The molecule has 0 spiro atoms. The largest absolute Gasteiger partial charge is 0.260 e. The third-order valence-corrected chi connectivity index (χ3v) is 2.56. The van der Waals surface area contributed by atoms with Crippen LogP contribution < -0.4 is 0 Å². The van der Waals surface area contributed by atoms with Crippen LogP contribution in [-0.2, 0) is 0 Å². The third-order valence-electron chi connectivity index (χ3n) is 1.02. The second-order valence-corrected chi connectivity index (χ2v) is 2.89. The van der Waals surface area contributed by atoms with Gasteiger partial charge < -0.3 is 0 Å². The van der Waals surface area contributed by atoms with E-state index < -0.39 is 0 Å². The van der Waals surface area contributed by atoms with Gasteiger partial charge in [0, 0.05) is 6.20 Å². The predicted octanol–water partition coefficient (Wildman–Crippen LogP) is 2.81. The fourth-order valence-electron chi connectivity index (χ4n) is 0.517. The Labute approximate surface area is 67.2 Å². The maximum absolute atomic E-state index is 5.73. The molecule has 0 aromatic carbocycles. The summed E-state index contributed by atoms with van der Waals surface area (Å²) in [6.07, 6.45) is 1.68. The van der Waals surface area contributed by atoms with E-state index in [4.69, 9.17) is 11.6 Å². The van der Waals surface area contributed by atoms with Crippen molar-refractivity contribution in [3.63, 3.8) is 0 Å². The molecule has 0 aliphatic heterocycles. The maximum atomic E-state index is 5.73. The van der Waals surface area contributed by atoms with Gasteiger partial charge in [0.2, 0.25) is 0 Å². The van der Waals surface area contributed by atoms with Gasteiger partial charge in [-0.3, -0.25) is 4.98 Å². The zero-order valence-corrected chi connectivity index (χ0v) is 7.20. The summed E-state index contributed by atoms with van der Waals surface area (Å²) >= 11 is 9.01. The van der Waals surface area contributed by atoms with E-state index in [0.29, 0.717) is 5.02 Å². The van der Waals surface area contributed by atoms with E-state index in [1.54, 1.807) is 12.3 Å². The van der Waals surface area contributed by atoms with Crippen molar-refractivity contribution in [1.29, 1.82) is 0 Å². The van der Waals surface area contributed by atoms with E-state index in [1.165, 1.54) is 0 Å². The van der Waals surface area contributed by atoms with Crippen LogP contribution in [0.2, 0.25) is 5.02 Å². The van der Waals surface area contributed by atoms with Crippen LogP contribution in [-0.4, -0.2) is 4.98 Å². The van der Waals surface area contributed by atoms with Crippen molar-refractivity contribution < 1.29 is 0 Å². The summed E-state index contributed by atoms with van der Waals surface area (Å²) in [6.45, 7) is 1.90. The molecule has 1 rings (SSSR count). The molecule has 0 saturated carbocycles. The molecule has 0 aliphatic carbocycles. The first kappa shape index (κ1) is 7.03. The topological polar surface area (TPSA) is 12.9 Å². The number of aromatic nitrogens is 1. The van der Waals surface area contributed by atoms with Crippen LogP contribution >= 0.6 is 27.5 Å². The zero-order chi connectivity index (χ0) is 6.85. The number of pyridine rings is 1. The SMILES string of the molecule is Cc1nccc(Cl)c1Br. The number of halogens is 2. The molecule has 0 atom stereocenters. The van der Waals surface area contributed by atoms with Gasteiger partial charge in [0.05, 0.1) is 15.2 Å². The molecular weight excluding hydrogens is 201 g/mol. The van der Waals surface area contributed by atoms with Gasteiger partial charge in [-0.1, -0.05) is 11.6 Å². The minimum absolute atomic E-state index is 0.711. The van der Waals surface area contributed by atoms with Crippen LogP contribution in [0.5, 0.6) is 0 Å². The number of hydrogen-bond donors (Lipinski definition) is 0. The van der Waals surface area contributed by atoms with E-state index in [-0.39, 0.29) is 0 Å². The first-order chi connectivity index (χ1) is 4.22. The molecule has 1 heterocycles. The Morgan fingerprint density at radius 2 is 2.33 bits per heavy atom. The average molecular weight is 206 g/mol. The minimum atomic E-state index is 0.711. The van der Waals surface area contributed by atoms with E-state index >= 15 is 0 Å². The average Bonchev–Trinajstić information content (AvgIpc) is 1.83. The van der Waals surface area contributed by atoms with Gasteiger partial charge in [-0.25, -0.2) is 0 Å². The predicted molar refractivity (Wildman–Crippen MR) is 41.7 cm³/mol. The Hall–Kier alpha value is -0.0800. The highest BCUT2D eigenvalue weighted by Gasteiger charge is 1.97. The maximum Gasteiger partial charge on any atom is 0.0581 e. The van der Waals surface area contributed by atoms with E-state index in [1.807, 2.05) is 6.92 Å². The van der Waals surface area contributed by atoms with Gasteiger partial charge in [0.1, 0.15) is 0 Å². The smallest absolute Gasteiger partial charge is 0.0581 e. The van der Waals surface area contributed by atoms with Crippen LogP contribution in [0.3, 0.4) is 0 Å². The highest BCUT2D eigenvalue weighted by molar-refractivity contribution is 9.10. The van der Waals surface area contributed by atoms with Crippen LogP contribution in [0.15, 0.2) is 16.7 Å². The molecule has 0 bridgehead atoms. The number of nitrogens with zero attached hydrogens (tertiary/aromatic N) is 1. The fraction of sp³-hybridized carbons (Fsp3) is 0.167. The number of hydrogen-bond acceptors (Lipinski definition) is 1. The van der Waals surface area contributed by atoms with Crippen LogP contribution in [0.1, 0.15) is 5.69 Å². The van der Waals surface area contributed by atoms with Crippen molar-refractivity contribution in [1.82, 2.24) is 4.98 Å². The molecule has 1 nitrogen and oxygen atoms in total. The number of aryl methyl sites for hydroxylation is 1. The first-order valence-electron chi connectivity index (χ1n) is 2.48. The van der Waals surface area contributed by atoms with Gasteiger partial charge in [-0.2, -0.15) is 0 Å². The molecular formula is C6H5BrClN. The van der Waals surface area contributed by atoms with Crippen molar-refractivity contribution in [3.8, 4) is 0 Å². The Kier molecular flexibility index (Phi) is 2.09. The fourth-order valence-corrected chi connectivity index (χ4v) is 0.945. The molecule has 0 saturated heterocycles. The molecule has 1 aromatic rings. The second-order valence-electron chi connectivity index (χ2n) is 1.69. The van der Waals surface area contributed by atoms with Crippen molar-refractivity contribution in [2.24, 2.45) is 0 Å². The summed E-state index contributed by atoms with van der Waals surface area (Å²) in [5.41, 5.74) is 0.919. The van der Waals surface area contributed by atoms with Gasteiger partial charge >= 0.3 is 0 Å². The lowest BCUT2D eigenvalue weighted by atomic mass is 10.4. The second kappa shape index (κ2) is 2.67. The molecule has 0 amide bonds. The van der Waals surface area contributed by atoms with Crippen LogP contribution in [0.4, 0.5) is 0 Å². The van der Waals surface area contributed by atoms with Crippen LogP contribution in [0, 0.1) is 6.92 Å². The van der Waals surface area contributed by atoms with Crippen molar-refractivity contribution in [2.75, 3.05) is 0 Å². The summed E-state index contributed by atoms with van der Waals surface area (Å²) in [5, 5.41) is 0.711. The summed E-state index contributed by atoms with van der Waals surface area (Å²) in [6, 6.07) is 1.75. The van der Waals surface area contributed by atoms with Gasteiger partial charge in [0.25, 0.3) is 0 Å². The Balaban J connectivity index is 3.25. The molecule has 3 heteroatoms. The quantitative estimate of drug-likeness (QED) is 0.636. The lowest BCUT2D eigenvalue weighted by molar-refractivity contribution is 1.18. The standard InChI is InChI=1S/C6H5BrClN/c1-4-6(7)5(8)2-3-9-4/h2-3H,1H3. The summed E-state index contributed by atoms with van der Waals surface area (Å²) < 4.78 is 0.881. The zero-order valence-electron chi connectivity index (χ0n) is 4.86. The third kappa shape index (κ3) is 1.43. The Morgan fingerprint density at radius 3 is 2.78 bits per heavy atom. The van der Waals surface area contributed by atoms with Gasteiger partial charge in [0.15, 0.2) is 0 Å². The van der Waals surface area contributed by atoms with E-state index in [2.05, 4.69) is 20.9 Å². The molecule has 0 radical (unpaired) electrons. The Bertz CT molecular complexity index is 204. The van der Waals surface area contributed by atoms with Gasteiger partial charge in [-0.15, -0.1) is 0 Å². The molecule has 1 aromatic heterocycles. The molecule has 0 unspecified atom stereocenters. The van der Waals surface area contributed by atoms with Crippen molar-refractivity contribution in [2.45, 2.75) is 6.92 Å². The van der Waals surface area contributed by atoms with Gasteiger partial charge in [-0.05, 0) is 28.9 Å². The van der Waals surface area contributed by atoms with Crippen molar-refractivity contribution >= 4 is 27.5 Å². The molecule has 48 valence electrons. The summed E-state index contributed by atoms with van der Waals surface area (Å²) in [5.74, 6) is 0. The summed E-state index contributed by atoms with van der Waals surface area (Å²) in [7, 11) is 0. The normalized spacial score (nSPS) is 9.67. The van der Waals surface area contributed by atoms with Crippen molar-refractivity contribution in [3.05, 3.63) is 27.5 Å². The lowest BCUT2D eigenvalue weighted by Crippen LogP contribution is -1.80. The number of rotatable bonds is 0. The Morgan fingerprint density at radius 1 is 1.67 bits per heavy atom. The molecule has 0 aliphatic rings. The highest BCUT2D eigenvalue weighted by atomic mass is 79.9. The van der Waals surface area contributed by atoms with E-state index in [0.717, 1.165) is 10.2 Å². The first-order valence-corrected chi connectivity index (χ1v) is 3.65.